The van der Waals surface area contributed by atoms with Crippen molar-refractivity contribution in [3.05, 3.63) is 63.8 Å². The Bertz CT molecular complexity index is 1150. The Balaban J connectivity index is 1.51. The van der Waals surface area contributed by atoms with Gasteiger partial charge in [-0.3, -0.25) is 9.59 Å². The second-order valence-corrected chi connectivity index (χ2v) is 8.67. The molecule has 2 amide bonds. The molecule has 1 aliphatic rings. The number of hydrogen-bond acceptors (Lipinski definition) is 3. The van der Waals surface area contributed by atoms with E-state index in [2.05, 4.69) is 17.2 Å². The third-order valence-electron chi connectivity index (χ3n) is 6.00. The normalized spacial score (nSPS) is 15.7. The van der Waals surface area contributed by atoms with Crippen LogP contribution in [0.25, 0.3) is 10.9 Å². The first-order valence-electron chi connectivity index (χ1n) is 11.0. The molecule has 1 aliphatic heterocycles. The van der Waals surface area contributed by atoms with Crippen LogP contribution in [0.2, 0.25) is 5.02 Å². The van der Waals surface area contributed by atoms with Crippen LogP contribution in [0.5, 0.6) is 5.75 Å². The minimum Gasteiger partial charge on any atom is -0.493 e. The van der Waals surface area contributed by atoms with Gasteiger partial charge in [-0.1, -0.05) is 11.6 Å². The molecule has 2 heterocycles. The summed E-state index contributed by atoms with van der Waals surface area (Å²) >= 11 is 6.07. The Kier molecular flexibility index (Phi) is 6.70. The highest BCUT2D eigenvalue weighted by molar-refractivity contribution is 6.31. The van der Waals surface area contributed by atoms with Gasteiger partial charge in [0.1, 0.15) is 5.75 Å². The van der Waals surface area contributed by atoms with Crippen LogP contribution in [0.1, 0.15) is 51.2 Å². The van der Waals surface area contributed by atoms with Crippen molar-refractivity contribution >= 4 is 34.3 Å². The summed E-state index contributed by atoms with van der Waals surface area (Å²) in [7, 11) is 0. The average Bonchev–Trinajstić information content (AvgIpc) is 3.08. The molecule has 0 spiro atoms. The SMILES string of the molecule is Cc1[nH]c2ccc(C(=O)N3CCCCNC(=O)c4cc(Cl)ccc4OCCC3)cc2c1C. The molecule has 7 heteroatoms. The van der Waals surface area contributed by atoms with E-state index in [1.165, 1.54) is 5.56 Å². The number of rotatable bonds is 1. The molecular formula is C25H28ClN3O3. The topological polar surface area (TPSA) is 74.4 Å². The van der Waals surface area contributed by atoms with Gasteiger partial charge in [-0.25, -0.2) is 0 Å². The third-order valence-corrected chi connectivity index (χ3v) is 6.23. The standard InChI is InChI=1S/C25H28ClN3O3/c1-16-17(2)28-22-8-6-18(14-20(16)22)25(31)29-11-4-3-10-27-24(30)21-15-19(26)7-9-23(21)32-13-5-12-29/h6-9,14-15,28H,3-5,10-13H2,1-2H3,(H,27,30). The number of carbonyl (C=O) groups is 2. The number of halogens is 1. The minimum absolute atomic E-state index is 0.0243. The van der Waals surface area contributed by atoms with Gasteiger partial charge in [-0.2, -0.15) is 0 Å². The molecule has 2 aromatic carbocycles. The zero-order chi connectivity index (χ0) is 22.7. The Labute approximate surface area is 192 Å². The van der Waals surface area contributed by atoms with E-state index in [4.69, 9.17) is 16.3 Å². The van der Waals surface area contributed by atoms with Crippen molar-refractivity contribution in [1.82, 2.24) is 15.2 Å². The molecular weight excluding hydrogens is 426 g/mol. The summed E-state index contributed by atoms with van der Waals surface area (Å²) in [4.78, 5) is 31.1. The van der Waals surface area contributed by atoms with Gasteiger partial charge in [-0.05, 0) is 75.1 Å². The van der Waals surface area contributed by atoms with Gasteiger partial charge >= 0.3 is 0 Å². The molecule has 0 bridgehead atoms. The van der Waals surface area contributed by atoms with Crippen LogP contribution in [-0.2, 0) is 0 Å². The molecule has 4 rings (SSSR count). The van der Waals surface area contributed by atoms with Gasteiger partial charge in [-0.15, -0.1) is 0 Å². The first-order chi connectivity index (χ1) is 15.4. The predicted molar refractivity (Wildman–Crippen MR) is 127 cm³/mol. The van der Waals surface area contributed by atoms with E-state index >= 15 is 0 Å². The van der Waals surface area contributed by atoms with E-state index in [9.17, 15) is 9.59 Å². The number of nitrogens with one attached hydrogen (secondary N) is 2. The van der Waals surface area contributed by atoms with Crippen molar-refractivity contribution < 1.29 is 14.3 Å². The van der Waals surface area contributed by atoms with Crippen molar-refractivity contribution in [2.45, 2.75) is 33.1 Å². The van der Waals surface area contributed by atoms with Gasteiger partial charge < -0.3 is 19.9 Å². The van der Waals surface area contributed by atoms with Crippen LogP contribution in [0.15, 0.2) is 36.4 Å². The second kappa shape index (κ2) is 9.65. The van der Waals surface area contributed by atoms with Gasteiger partial charge in [0.25, 0.3) is 11.8 Å². The molecule has 0 fully saturated rings. The molecule has 2 N–H and O–H groups in total. The summed E-state index contributed by atoms with van der Waals surface area (Å²) in [5.74, 6) is 0.337. The lowest BCUT2D eigenvalue weighted by molar-refractivity contribution is 0.0743. The summed E-state index contributed by atoms with van der Waals surface area (Å²) < 4.78 is 5.87. The molecule has 0 radical (unpaired) electrons. The number of nitrogens with zero attached hydrogens (tertiary/aromatic N) is 1. The second-order valence-electron chi connectivity index (χ2n) is 8.23. The number of benzene rings is 2. The minimum atomic E-state index is -0.194. The molecule has 3 aromatic rings. The highest BCUT2D eigenvalue weighted by Crippen LogP contribution is 2.25. The van der Waals surface area contributed by atoms with Crippen LogP contribution >= 0.6 is 11.6 Å². The monoisotopic (exact) mass is 453 g/mol. The van der Waals surface area contributed by atoms with E-state index in [1.54, 1.807) is 18.2 Å². The van der Waals surface area contributed by atoms with Crippen molar-refractivity contribution in [2.24, 2.45) is 0 Å². The first kappa shape index (κ1) is 22.2. The number of H-pyrrole nitrogens is 1. The van der Waals surface area contributed by atoms with E-state index in [0.29, 0.717) is 54.6 Å². The third kappa shape index (κ3) is 4.75. The van der Waals surface area contributed by atoms with Crippen molar-refractivity contribution in [3.8, 4) is 5.75 Å². The smallest absolute Gasteiger partial charge is 0.255 e. The zero-order valence-electron chi connectivity index (χ0n) is 18.5. The molecule has 0 atom stereocenters. The summed E-state index contributed by atoms with van der Waals surface area (Å²) in [6.07, 6.45) is 2.25. The van der Waals surface area contributed by atoms with Crippen LogP contribution < -0.4 is 10.1 Å². The van der Waals surface area contributed by atoms with Crippen LogP contribution in [-0.4, -0.2) is 47.9 Å². The fraction of sp³-hybridized carbons (Fsp3) is 0.360. The maximum Gasteiger partial charge on any atom is 0.255 e. The van der Waals surface area contributed by atoms with Crippen molar-refractivity contribution in [1.29, 1.82) is 0 Å². The lowest BCUT2D eigenvalue weighted by atomic mass is 10.1. The van der Waals surface area contributed by atoms with Crippen molar-refractivity contribution in [2.75, 3.05) is 26.2 Å². The lowest BCUT2D eigenvalue weighted by Gasteiger charge is -2.23. The molecule has 1 aromatic heterocycles. The average molecular weight is 454 g/mol. The number of amides is 2. The van der Waals surface area contributed by atoms with Crippen LogP contribution in [0.4, 0.5) is 0 Å². The molecule has 6 nitrogen and oxygen atoms in total. The van der Waals surface area contributed by atoms with E-state index < -0.39 is 0 Å². The number of aryl methyl sites for hydroxylation is 2. The number of carbonyl (C=O) groups excluding carboxylic acids is 2. The molecule has 32 heavy (non-hydrogen) atoms. The van der Waals surface area contributed by atoms with Crippen LogP contribution in [0, 0.1) is 13.8 Å². The Hall–Kier alpha value is -2.99. The number of ether oxygens (including phenoxy) is 1. The molecule has 0 aliphatic carbocycles. The van der Waals surface area contributed by atoms with Gasteiger partial charge in [0, 0.05) is 46.8 Å². The highest BCUT2D eigenvalue weighted by Gasteiger charge is 2.19. The maximum absolute atomic E-state index is 13.3. The van der Waals surface area contributed by atoms with Gasteiger partial charge in [0.05, 0.1) is 12.2 Å². The largest absolute Gasteiger partial charge is 0.493 e. The summed E-state index contributed by atoms with van der Waals surface area (Å²) in [6.45, 7) is 6.27. The molecule has 0 saturated heterocycles. The highest BCUT2D eigenvalue weighted by atomic mass is 35.5. The number of aromatic nitrogens is 1. The Morgan fingerprint density at radius 3 is 2.72 bits per heavy atom. The summed E-state index contributed by atoms with van der Waals surface area (Å²) in [5.41, 5.74) is 4.47. The lowest BCUT2D eigenvalue weighted by Crippen LogP contribution is -2.34. The molecule has 168 valence electrons. The predicted octanol–water partition coefficient (Wildman–Crippen LogP) is 4.87. The number of fused-ring (bicyclic) bond motifs is 2. The van der Waals surface area contributed by atoms with Gasteiger partial charge in [0.2, 0.25) is 0 Å². The van der Waals surface area contributed by atoms with Crippen LogP contribution in [0.3, 0.4) is 0 Å². The Morgan fingerprint density at radius 2 is 1.88 bits per heavy atom. The first-order valence-corrected chi connectivity index (χ1v) is 11.4. The van der Waals surface area contributed by atoms with Crippen molar-refractivity contribution in [3.63, 3.8) is 0 Å². The quantitative estimate of drug-likeness (QED) is 0.551. The number of aromatic amines is 1. The molecule has 0 saturated carbocycles. The number of hydrogen-bond donors (Lipinski definition) is 2. The summed E-state index contributed by atoms with van der Waals surface area (Å²) in [5, 5.41) is 4.50. The summed E-state index contributed by atoms with van der Waals surface area (Å²) in [6, 6.07) is 10.9. The van der Waals surface area contributed by atoms with Gasteiger partial charge in [0.15, 0.2) is 0 Å². The fourth-order valence-corrected chi connectivity index (χ4v) is 4.23. The maximum atomic E-state index is 13.3. The van der Waals surface area contributed by atoms with E-state index in [0.717, 1.165) is 29.4 Å². The zero-order valence-corrected chi connectivity index (χ0v) is 19.2. The Morgan fingerprint density at radius 1 is 1.06 bits per heavy atom. The molecule has 0 unspecified atom stereocenters. The van der Waals surface area contributed by atoms with E-state index in [-0.39, 0.29) is 11.8 Å². The van der Waals surface area contributed by atoms with E-state index in [1.807, 2.05) is 30.0 Å². The fourth-order valence-electron chi connectivity index (χ4n) is 4.06.